The van der Waals surface area contributed by atoms with Crippen LogP contribution in [0.1, 0.15) is 386 Å². The van der Waals surface area contributed by atoms with Gasteiger partial charge in [0.15, 0.2) is 0 Å². The number of aliphatic hydroxyl groups excluding tert-OH is 2. The van der Waals surface area contributed by atoms with Crippen LogP contribution in [-0.4, -0.2) is 47.4 Å². The van der Waals surface area contributed by atoms with Crippen molar-refractivity contribution >= 4 is 11.9 Å². The molecule has 1 amide bonds. The first-order valence-electron chi connectivity index (χ1n) is 35.3. The lowest BCUT2D eigenvalue weighted by molar-refractivity contribution is -0.143. The average molecular weight is 1100 g/mol. The predicted octanol–water partition coefficient (Wildman–Crippen LogP) is 22.7. The summed E-state index contributed by atoms with van der Waals surface area (Å²) in [5.41, 5.74) is 0. The van der Waals surface area contributed by atoms with E-state index in [2.05, 4.69) is 43.5 Å². The number of nitrogens with one attached hydrogen (secondary N) is 1. The Bertz CT molecular complexity index is 1260. The number of carbonyl (C=O) groups is 2. The highest BCUT2D eigenvalue weighted by Crippen LogP contribution is 2.19. The fourth-order valence-electron chi connectivity index (χ4n) is 11.0. The summed E-state index contributed by atoms with van der Waals surface area (Å²) in [4.78, 5) is 24.5. The summed E-state index contributed by atoms with van der Waals surface area (Å²) < 4.78 is 5.50. The van der Waals surface area contributed by atoms with Gasteiger partial charge in [-0.1, -0.05) is 346 Å². The third kappa shape index (κ3) is 63.3. The second-order valence-corrected chi connectivity index (χ2v) is 24.2. The van der Waals surface area contributed by atoms with Gasteiger partial charge in [0.25, 0.3) is 0 Å². The minimum absolute atomic E-state index is 0.0139. The Labute approximate surface area is 487 Å². The summed E-state index contributed by atoms with van der Waals surface area (Å²) in [5, 5.41) is 23.1. The molecule has 0 heterocycles. The van der Waals surface area contributed by atoms with Crippen molar-refractivity contribution in [1.82, 2.24) is 5.32 Å². The van der Waals surface area contributed by atoms with Crippen LogP contribution in [0.25, 0.3) is 0 Å². The highest BCUT2D eigenvalue weighted by molar-refractivity contribution is 5.76. The van der Waals surface area contributed by atoms with Crippen LogP contribution in [0.3, 0.4) is 0 Å². The third-order valence-electron chi connectivity index (χ3n) is 16.4. The molecule has 2 unspecified atom stereocenters. The summed E-state index contributed by atoms with van der Waals surface area (Å²) in [5.74, 6) is -0.0492. The lowest BCUT2D eigenvalue weighted by Gasteiger charge is -2.20. The summed E-state index contributed by atoms with van der Waals surface area (Å²) in [7, 11) is 0. The maximum atomic E-state index is 12.4. The van der Waals surface area contributed by atoms with Crippen LogP contribution < -0.4 is 5.32 Å². The predicted molar refractivity (Wildman–Crippen MR) is 343 cm³/mol. The zero-order valence-electron chi connectivity index (χ0n) is 52.7. The van der Waals surface area contributed by atoms with Crippen molar-refractivity contribution in [2.45, 2.75) is 398 Å². The zero-order valence-corrected chi connectivity index (χ0v) is 52.7. The fraction of sp³-hybridized carbons (Fsp3) is 0.889. The Hall–Kier alpha value is -1.92. The smallest absolute Gasteiger partial charge is 0.305 e. The van der Waals surface area contributed by atoms with E-state index in [0.717, 1.165) is 51.4 Å². The number of hydrogen-bond acceptors (Lipinski definition) is 5. The second-order valence-electron chi connectivity index (χ2n) is 24.2. The Morgan fingerprint density at radius 2 is 0.641 bits per heavy atom. The van der Waals surface area contributed by atoms with Crippen molar-refractivity contribution in [1.29, 1.82) is 0 Å². The van der Waals surface area contributed by atoms with Crippen LogP contribution in [-0.2, 0) is 14.3 Å². The molecular formula is C72H137NO5. The largest absolute Gasteiger partial charge is 0.466 e. The highest BCUT2D eigenvalue weighted by Gasteiger charge is 2.18. The second kappa shape index (κ2) is 67.6. The number of aliphatic hydroxyl groups is 2. The van der Waals surface area contributed by atoms with Gasteiger partial charge >= 0.3 is 5.97 Å². The van der Waals surface area contributed by atoms with Crippen LogP contribution in [0.5, 0.6) is 0 Å². The van der Waals surface area contributed by atoms with Gasteiger partial charge in [0.05, 0.1) is 25.4 Å². The molecule has 0 aliphatic rings. The SMILES string of the molecule is CCCCC/C=C\C/C=C\CCCCCCCCCC(=O)OCCCCCCCCCCCCCCCCCCCCCCCCCCCCCCCCCCCC(=O)NC(CO)C(O)/C=C/CCCCCCCCCCC. The van der Waals surface area contributed by atoms with E-state index < -0.39 is 12.1 Å². The van der Waals surface area contributed by atoms with E-state index in [4.69, 9.17) is 4.74 Å². The van der Waals surface area contributed by atoms with Gasteiger partial charge < -0.3 is 20.3 Å². The van der Waals surface area contributed by atoms with Crippen LogP contribution in [0.4, 0.5) is 0 Å². The van der Waals surface area contributed by atoms with E-state index in [1.807, 2.05) is 6.08 Å². The lowest BCUT2D eigenvalue weighted by atomic mass is 10.0. The van der Waals surface area contributed by atoms with Crippen molar-refractivity contribution in [3.8, 4) is 0 Å². The Morgan fingerprint density at radius 1 is 0.359 bits per heavy atom. The summed E-state index contributed by atoms with van der Waals surface area (Å²) in [6, 6.07) is -0.623. The summed E-state index contributed by atoms with van der Waals surface area (Å²) in [6.07, 6.45) is 86.7. The molecule has 0 spiro atoms. The Morgan fingerprint density at radius 3 is 1.00 bits per heavy atom. The number of allylic oxidation sites excluding steroid dienone is 5. The molecule has 6 nitrogen and oxygen atoms in total. The van der Waals surface area contributed by atoms with Gasteiger partial charge in [0.1, 0.15) is 0 Å². The molecule has 0 aliphatic heterocycles. The third-order valence-corrected chi connectivity index (χ3v) is 16.4. The molecule has 78 heavy (non-hydrogen) atoms. The van der Waals surface area contributed by atoms with Gasteiger partial charge in [-0.15, -0.1) is 0 Å². The highest BCUT2D eigenvalue weighted by atomic mass is 16.5. The lowest BCUT2D eigenvalue weighted by Crippen LogP contribution is -2.45. The van der Waals surface area contributed by atoms with Crippen molar-refractivity contribution in [2.75, 3.05) is 13.2 Å². The zero-order chi connectivity index (χ0) is 56.4. The van der Waals surface area contributed by atoms with Crippen molar-refractivity contribution in [3.63, 3.8) is 0 Å². The number of unbranched alkanes of at least 4 members (excludes halogenated alkanes) is 51. The van der Waals surface area contributed by atoms with Crippen LogP contribution >= 0.6 is 0 Å². The topological polar surface area (TPSA) is 95.9 Å². The van der Waals surface area contributed by atoms with E-state index in [1.54, 1.807) is 6.08 Å². The maximum absolute atomic E-state index is 12.4. The van der Waals surface area contributed by atoms with E-state index >= 15 is 0 Å². The number of carbonyl (C=O) groups excluding carboxylic acids is 2. The van der Waals surface area contributed by atoms with Crippen molar-refractivity contribution in [3.05, 3.63) is 36.5 Å². The summed E-state index contributed by atoms with van der Waals surface area (Å²) in [6.45, 7) is 4.89. The van der Waals surface area contributed by atoms with Gasteiger partial charge in [-0.3, -0.25) is 9.59 Å². The molecule has 2 atom stereocenters. The number of esters is 1. The number of ether oxygens (including phenoxy) is 1. The molecule has 0 rings (SSSR count). The molecule has 0 aromatic carbocycles. The van der Waals surface area contributed by atoms with Gasteiger partial charge in [0, 0.05) is 12.8 Å². The summed E-state index contributed by atoms with van der Waals surface area (Å²) >= 11 is 0. The minimum atomic E-state index is -0.839. The van der Waals surface area contributed by atoms with Crippen molar-refractivity contribution in [2.24, 2.45) is 0 Å². The van der Waals surface area contributed by atoms with Crippen molar-refractivity contribution < 1.29 is 24.5 Å². The number of hydrogen-bond donors (Lipinski definition) is 3. The van der Waals surface area contributed by atoms with Gasteiger partial charge in [-0.2, -0.15) is 0 Å². The molecule has 0 aliphatic carbocycles. The minimum Gasteiger partial charge on any atom is -0.466 e. The molecule has 6 heteroatoms. The van der Waals surface area contributed by atoms with E-state index in [9.17, 15) is 19.8 Å². The molecule has 0 radical (unpaired) electrons. The first-order chi connectivity index (χ1) is 38.5. The standard InChI is InChI=1S/C72H137NO5/c1-3-5-7-9-11-13-15-16-17-35-39-42-46-50-54-58-62-66-72(77)78-67-63-59-55-51-47-43-40-37-34-32-30-28-26-24-22-20-18-19-21-23-25-27-29-31-33-36-38-41-45-49-53-57-61-65-71(76)73-69(68-74)70(75)64-60-56-52-48-44-14-12-10-8-6-4-2/h11,13,16-17,60,64,69-70,74-75H,3-10,12,14-15,18-59,61-63,65-68H2,1-2H3,(H,73,76)/b13-11-,17-16-,64-60+. The number of amides is 1. The first-order valence-corrected chi connectivity index (χ1v) is 35.3. The molecular weight excluding hydrogens is 959 g/mol. The molecule has 0 aromatic rings. The van der Waals surface area contributed by atoms with Crippen LogP contribution in [0.2, 0.25) is 0 Å². The fourth-order valence-corrected chi connectivity index (χ4v) is 11.0. The Balaban J connectivity index is 3.30. The van der Waals surface area contributed by atoms with Crippen LogP contribution in [0.15, 0.2) is 36.5 Å². The number of rotatable bonds is 66. The quantitative estimate of drug-likeness (QED) is 0.0320. The molecule has 0 saturated heterocycles. The monoisotopic (exact) mass is 1100 g/mol. The molecule has 460 valence electrons. The van der Waals surface area contributed by atoms with Gasteiger partial charge in [-0.05, 0) is 64.2 Å². The molecule has 0 aromatic heterocycles. The van der Waals surface area contributed by atoms with E-state index in [-0.39, 0.29) is 18.5 Å². The first kappa shape index (κ1) is 76.1. The maximum Gasteiger partial charge on any atom is 0.305 e. The molecule has 0 fully saturated rings. The van der Waals surface area contributed by atoms with Gasteiger partial charge in [-0.25, -0.2) is 0 Å². The Kier molecular flexibility index (Phi) is 65.9. The molecule has 0 saturated carbocycles. The molecule has 3 N–H and O–H groups in total. The van der Waals surface area contributed by atoms with Crippen LogP contribution in [0, 0.1) is 0 Å². The average Bonchev–Trinajstić information content (AvgIpc) is 3.44. The normalized spacial score (nSPS) is 12.7. The van der Waals surface area contributed by atoms with E-state index in [1.165, 1.54) is 308 Å². The van der Waals surface area contributed by atoms with Gasteiger partial charge in [0.2, 0.25) is 5.91 Å². The van der Waals surface area contributed by atoms with E-state index in [0.29, 0.717) is 19.4 Å². The molecule has 0 bridgehead atoms.